The number of benzene rings is 9. The molecule has 9 aromatic rings. The van der Waals surface area contributed by atoms with Crippen LogP contribution in [0, 0.1) is 0 Å². The Labute approximate surface area is 322 Å². The third kappa shape index (κ3) is 5.09. The van der Waals surface area contributed by atoms with Crippen LogP contribution in [0.1, 0.15) is 0 Å². The molecule has 0 aliphatic heterocycles. The molecule has 0 amide bonds. The Morgan fingerprint density at radius 2 is 0.618 bits per heavy atom. The quantitative estimate of drug-likeness (QED) is 0.167. The highest BCUT2D eigenvalue weighted by molar-refractivity contribution is 6.15. The average Bonchev–Trinajstić information content (AvgIpc) is 3.37. The van der Waals surface area contributed by atoms with E-state index < -0.39 is 0 Å². The van der Waals surface area contributed by atoms with Gasteiger partial charge in [-0.3, -0.25) is 0 Å². The van der Waals surface area contributed by atoms with E-state index in [1.807, 2.05) is 0 Å². The SMILES string of the molecule is c1ccc(-c2ccc(N(c3ccc(-c4ccc5c(c4)-c4c6cccc4-c4cccc-5c4-c4ccccc4-6)cc3)c3ccccc3-c3ccccc3)cc2)cc1. The van der Waals surface area contributed by atoms with Crippen LogP contribution in [0.15, 0.2) is 212 Å². The van der Waals surface area contributed by atoms with E-state index >= 15 is 0 Å². The monoisotopic (exact) mass is 697 g/mol. The smallest absolute Gasteiger partial charge is 0.0540 e. The number of nitrogens with zero attached hydrogens (tertiary/aromatic N) is 1. The predicted molar refractivity (Wildman–Crippen MR) is 232 cm³/mol. The van der Waals surface area contributed by atoms with Crippen LogP contribution < -0.4 is 4.90 Å². The highest BCUT2D eigenvalue weighted by Crippen LogP contribution is 2.57. The first-order chi connectivity index (χ1) is 27.3. The minimum Gasteiger partial charge on any atom is -0.310 e. The largest absolute Gasteiger partial charge is 0.310 e. The van der Waals surface area contributed by atoms with Crippen molar-refractivity contribution < 1.29 is 0 Å². The lowest BCUT2D eigenvalue weighted by Crippen LogP contribution is -2.11. The summed E-state index contributed by atoms with van der Waals surface area (Å²) in [5.74, 6) is 0. The van der Waals surface area contributed by atoms with Gasteiger partial charge >= 0.3 is 0 Å². The molecule has 0 unspecified atom stereocenters. The van der Waals surface area contributed by atoms with Gasteiger partial charge in [0.1, 0.15) is 0 Å². The van der Waals surface area contributed by atoms with E-state index in [0.29, 0.717) is 0 Å². The first kappa shape index (κ1) is 31.3. The second-order valence-corrected chi connectivity index (χ2v) is 14.4. The van der Waals surface area contributed by atoms with Crippen molar-refractivity contribution in [2.24, 2.45) is 0 Å². The second kappa shape index (κ2) is 12.7. The summed E-state index contributed by atoms with van der Waals surface area (Å²) in [4.78, 5) is 2.39. The van der Waals surface area contributed by atoms with E-state index in [-0.39, 0.29) is 0 Å². The topological polar surface area (TPSA) is 3.24 Å². The predicted octanol–water partition coefficient (Wildman–Crippen LogP) is 15.1. The summed E-state index contributed by atoms with van der Waals surface area (Å²) in [6.45, 7) is 0. The maximum atomic E-state index is 2.42. The van der Waals surface area contributed by atoms with E-state index in [0.717, 1.165) is 17.1 Å². The highest BCUT2D eigenvalue weighted by atomic mass is 15.1. The van der Waals surface area contributed by atoms with Crippen molar-refractivity contribution in [3.05, 3.63) is 212 Å². The van der Waals surface area contributed by atoms with Crippen LogP contribution in [0.5, 0.6) is 0 Å². The molecule has 0 saturated heterocycles. The molecule has 0 atom stereocenters. The van der Waals surface area contributed by atoms with E-state index in [9.17, 15) is 0 Å². The minimum atomic E-state index is 1.11. The number of rotatable bonds is 6. The van der Waals surface area contributed by atoms with Crippen molar-refractivity contribution in [2.75, 3.05) is 4.90 Å². The van der Waals surface area contributed by atoms with Gasteiger partial charge in [-0.1, -0.05) is 176 Å². The molecule has 11 rings (SSSR count). The minimum absolute atomic E-state index is 1.11. The molecule has 256 valence electrons. The lowest BCUT2D eigenvalue weighted by Gasteiger charge is -2.28. The van der Waals surface area contributed by atoms with Crippen LogP contribution in [0.25, 0.3) is 89.0 Å². The summed E-state index contributed by atoms with van der Waals surface area (Å²) in [5.41, 5.74) is 23.6. The first-order valence-corrected chi connectivity index (χ1v) is 19.0. The van der Waals surface area contributed by atoms with Crippen LogP contribution >= 0.6 is 0 Å². The summed E-state index contributed by atoms with van der Waals surface area (Å²) in [7, 11) is 0. The van der Waals surface area contributed by atoms with Gasteiger partial charge in [0.15, 0.2) is 0 Å². The van der Waals surface area contributed by atoms with Gasteiger partial charge < -0.3 is 4.90 Å². The standard InChI is InChI=1S/C54H35N/c1-3-13-36(14-4-1)37-25-30-41(31-26-37)55(52-24-10-9-17-43(52)39-15-5-2-6-16-39)42-32-27-38(28-33-42)40-29-34-45-48-21-12-22-49-50-23-11-20-47(54(50)51(45)35-40)44-18-7-8-19-46(44)53(48)49/h1-35H. The van der Waals surface area contributed by atoms with Gasteiger partial charge in [0.25, 0.3) is 0 Å². The number of para-hydroxylation sites is 1. The number of fused-ring (bicyclic) bond motifs is 4. The fourth-order valence-corrected chi connectivity index (χ4v) is 8.88. The molecule has 6 bridgehead atoms. The summed E-state index contributed by atoms with van der Waals surface area (Å²) >= 11 is 0. The molecule has 1 nitrogen and oxygen atoms in total. The Morgan fingerprint density at radius 3 is 1.24 bits per heavy atom. The van der Waals surface area contributed by atoms with Crippen molar-refractivity contribution in [2.45, 2.75) is 0 Å². The molecule has 0 radical (unpaired) electrons. The van der Waals surface area contributed by atoms with Gasteiger partial charge in [-0.05, 0) is 120 Å². The molecule has 9 aromatic carbocycles. The molecule has 1 heteroatoms. The van der Waals surface area contributed by atoms with Gasteiger partial charge in [-0.15, -0.1) is 0 Å². The Bertz CT molecular complexity index is 2860. The zero-order chi connectivity index (χ0) is 36.3. The Kier molecular flexibility index (Phi) is 7.25. The maximum Gasteiger partial charge on any atom is 0.0540 e. The summed E-state index contributed by atoms with van der Waals surface area (Å²) in [6, 6.07) is 77.7. The van der Waals surface area contributed by atoms with E-state index in [1.165, 1.54) is 89.0 Å². The normalized spacial score (nSPS) is 11.6. The van der Waals surface area contributed by atoms with Crippen LogP contribution in [-0.2, 0) is 0 Å². The van der Waals surface area contributed by atoms with Crippen molar-refractivity contribution in [1.29, 1.82) is 0 Å². The Morgan fingerprint density at radius 1 is 0.218 bits per heavy atom. The molecular formula is C54H35N. The molecule has 0 aromatic heterocycles. The fraction of sp³-hybridized carbons (Fsp3) is 0. The Hall–Kier alpha value is -7.22. The number of anilines is 3. The molecule has 0 fully saturated rings. The highest BCUT2D eigenvalue weighted by Gasteiger charge is 2.30. The van der Waals surface area contributed by atoms with Crippen LogP contribution in [0.4, 0.5) is 17.1 Å². The molecule has 55 heavy (non-hydrogen) atoms. The molecule has 0 saturated carbocycles. The fourth-order valence-electron chi connectivity index (χ4n) is 8.88. The van der Waals surface area contributed by atoms with Gasteiger partial charge in [-0.25, -0.2) is 0 Å². The Balaban J connectivity index is 1.04. The van der Waals surface area contributed by atoms with Crippen molar-refractivity contribution in [1.82, 2.24) is 0 Å². The molecule has 0 spiro atoms. The summed E-state index contributed by atoms with van der Waals surface area (Å²) in [6.07, 6.45) is 0. The average molecular weight is 698 g/mol. The van der Waals surface area contributed by atoms with Crippen LogP contribution in [-0.4, -0.2) is 0 Å². The molecule has 0 heterocycles. The van der Waals surface area contributed by atoms with Gasteiger partial charge in [0, 0.05) is 16.9 Å². The molecule has 0 N–H and O–H groups in total. The van der Waals surface area contributed by atoms with Crippen molar-refractivity contribution in [3.63, 3.8) is 0 Å². The van der Waals surface area contributed by atoms with E-state index in [1.54, 1.807) is 0 Å². The zero-order valence-electron chi connectivity index (χ0n) is 30.2. The number of hydrogen-bond acceptors (Lipinski definition) is 1. The maximum absolute atomic E-state index is 2.42. The van der Waals surface area contributed by atoms with Gasteiger partial charge in [0.2, 0.25) is 0 Å². The lowest BCUT2D eigenvalue weighted by molar-refractivity contribution is 1.28. The first-order valence-electron chi connectivity index (χ1n) is 19.0. The second-order valence-electron chi connectivity index (χ2n) is 14.4. The van der Waals surface area contributed by atoms with Gasteiger partial charge in [0.05, 0.1) is 5.69 Å². The third-order valence-corrected chi connectivity index (χ3v) is 11.4. The van der Waals surface area contributed by atoms with Gasteiger partial charge in [-0.2, -0.15) is 0 Å². The summed E-state index contributed by atoms with van der Waals surface area (Å²) in [5, 5.41) is 0. The van der Waals surface area contributed by atoms with E-state index in [2.05, 4.69) is 217 Å². The van der Waals surface area contributed by atoms with Crippen LogP contribution in [0.3, 0.4) is 0 Å². The van der Waals surface area contributed by atoms with Crippen LogP contribution in [0.2, 0.25) is 0 Å². The van der Waals surface area contributed by atoms with Crippen molar-refractivity contribution >= 4 is 17.1 Å². The molecule has 2 aliphatic carbocycles. The lowest BCUT2D eigenvalue weighted by atomic mass is 9.83. The molecule has 2 aliphatic rings. The number of hydrogen-bond donors (Lipinski definition) is 0. The molecular weight excluding hydrogens is 663 g/mol. The third-order valence-electron chi connectivity index (χ3n) is 11.4. The summed E-state index contributed by atoms with van der Waals surface area (Å²) < 4.78 is 0. The van der Waals surface area contributed by atoms with Crippen molar-refractivity contribution in [3.8, 4) is 89.0 Å². The van der Waals surface area contributed by atoms with E-state index in [4.69, 9.17) is 0 Å². The zero-order valence-corrected chi connectivity index (χ0v) is 30.2.